The molecule has 2 heterocycles. The average molecular weight is 260 g/mol. The molecule has 0 saturated heterocycles. The van der Waals surface area contributed by atoms with Crippen molar-refractivity contribution in [3.8, 4) is 0 Å². The molecule has 0 radical (unpaired) electrons. The van der Waals surface area contributed by atoms with E-state index in [0.717, 1.165) is 35.6 Å². The summed E-state index contributed by atoms with van der Waals surface area (Å²) in [5.41, 5.74) is 6.84. The van der Waals surface area contributed by atoms with Crippen LogP contribution in [0.2, 0.25) is 0 Å². The Bertz CT molecular complexity index is 528. The highest BCUT2D eigenvalue weighted by molar-refractivity contribution is 5.29. The van der Waals surface area contributed by atoms with Gasteiger partial charge in [0.15, 0.2) is 0 Å². The van der Waals surface area contributed by atoms with E-state index < -0.39 is 0 Å². The van der Waals surface area contributed by atoms with Gasteiger partial charge in [0, 0.05) is 17.9 Å². The van der Waals surface area contributed by atoms with Gasteiger partial charge in [-0.15, -0.1) is 5.10 Å². The monoisotopic (exact) mass is 260 g/mol. The average Bonchev–Trinajstić information content (AvgIpc) is 2.78. The standard InChI is InChI=1S/C13H20N6/c1-4-5-19-12(8-15-18-19)13(17-14)11-6-9(2)16-10(3)7-11/h6-8,13,17H,4-5,14H2,1-3H3. The van der Waals surface area contributed by atoms with Crippen molar-refractivity contribution in [2.75, 3.05) is 0 Å². The van der Waals surface area contributed by atoms with Gasteiger partial charge in [-0.3, -0.25) is 10.8 Å². The molecule has 0 fully saturated rings. The molecular weight excluding hydrogens is 240 g/mol. The Balaban J connectivity index is 2.40. The number of hydrogen-bond acceptors (Lipinski definition) is 5. The Morgan fingerprint density at radius 3 is 2.58 bits per heavy atom. The summed E-state index contributed by atoms with van der Waals surface area (Å²) in [6, 6.07) is 3.93. The van der Waals surface area contributed by atoms with Gasteiger partial charge in [0.2, 0.25) is 0 Å². The first-order valence-electron chi connectivity index (χ1n) is 6.45. The third-order valence-electron chi connectivity index (χ3n) is 2.98. The molecule has 19 heavy (non-hydrogen) atoms. The van der Waals surface area contributed by atoms with E-state index in [1.54, 1.807) is 6.20 Å². The first-order chi connectivity index (χ1) is 9.15. The van der Waals surface area contributed by atoms with Crippen LogP contribution < -0.4 is 11.3 Å². The molecule has 0 bridgehead atoms. The lowest BCUT2D eigenvalue weighted by Crippen LogP contribution is -2.31. The molecule has 102 valence electrons. The summed E-state index contributed by atoms with van der Waals surface area (Å²) in [5, 5.41) is 8.08. The second-order valence-electron chi connectivity index (χ2n) is 4.66. The van der Waals surface area contributed by atoms with Gasteiger partial charge in [0.05, 0.1) is 17.9 Å². The molecule has 2 aromatic heterocycles. The number of nitrogens with two attached hydrogens (primary N) is 1. The molecule has 0 saturated carbocycles. The highest BCUT2D eigenvalue weighted by Crippen LogP contribution is 2.21. The van der Waals surface area contributed by atoms with Crippen molar-refractivity contribution in [2.45, 2.75) is 39.8 Å². The molecule has 0 aliphatic heterocycles. The summed E-state index contributed by atoms with van der Waals surface area (Å²) in [5.74, 6) is 5.72. The van der Waals surface area contributed by atoms with Crippen LogP contribution in [0.5, 0.6) is 0 Å². The van der Waals surface area contributed by atoms with Gasteiger partial charge in [-0.2, -0.15) is 0 Å². The second kappa shape index (κ2) is 5.90. The highest BCUT2D eigenvalue weighted by Gasteiger charge is 2.18. The molecule has 0 spiro atoms. The van der Waals surface area contributed by atoms with Crippen LogP contribution in [-0.2, 0) is 6.54 Å². The van der Waals surface area contributed by atoms with Crippen LogP contribution in [0.3, 0.4) is 0 Å². The first-order valence-corrected chi connectivity index (χ1v) is 6.45. The van der Waals surface area contributed by atoms with Crippen LogP contribution in [0.15, 0.2) is 18.3 Å². The van der Waals surface area contributed by atoms with Gasteiger partial charge < -0.3 is 0 Å². The number of aryl methyl sites for hydroxylation is 3. The molecular formula is C13H20N6. The lowest BCUT2D eigenvalue weighted by molar-refractivity contribution is 0.511. The third-order valence-corrected chi connectivity index (χ3v) is 2.98. The summed E-state index contributed by atoms with van der Waals surface area (Å²) in [4.78, 5) is 4.38. The van der Waals surface area contributed by atoms with E-state index in [2.05, 4.69) is 27.6 Å². The fourth-order valence-electron chi connectivity index (χ4n) is 2.26. The minimum Gasteiger partial charge on any atom is -0.271 e. The van der Waals surface area contributed by atoms with E-state index in [0.29, 0.717) is 0 Å². The molecule has 2 rings (SSSR count). The number of nitrogens with one attached hydrogen (secondary N) is 1. The van der Waals surface area contributed by atoms with Crippen LogP contribution in [0.4, 0.5) is 0 Å². The van der Waals surface area contributed by atoms with Gasteiger partial charge in [0.1, 0.15) is 0 Å². The van der Waals surface area contributed by atoms with Crippen molar-refractivity contribution in [3.63, 3.8) is 0 Å². The quantitative estimate of drug-likeness (QED) is 0.624. The molecule has 3 N–H and O–H groups in total. The molecule has 0 aromatic carbocycles. The second-order valence-corrected chi connectivity index (χ2v) is 4.66. The first kappa shape index (κ1) is 13.6. The van der Waals surface area contributed by atoms with Crippen molar-refractivity contribution in [1.82, 2.24) is 25.4 Å². The van der Waals surface area contributed by atoms with E-state index >= 15 is 0 Å². The van der Waals surface area contributed by atoms with Crippen molar-refractivity contribution in [3.05, 3.63) is 41.0 Å². The van der Waals surface area contributed by atoms with Gasteiger partial charge in [-0.05, 0) is 38.0 Å². The van der Waals surface area contributed by atoms with Gasteiger partial charge in [-0.25, -0.2) is 10.1 Å². The zero-order chi connectivity index (χ0) is 13.8. The Morgan fingerprint density at radius 1 is 1.32 bits per heavy atom. The van der Waals surface area contributed by atoms with Crippen LogP contribution in [0, 0.1) is 13.8 Å². The molecule has 6 nitrogen and oxygen atoms in total. The van der Waals surface area contributed by atoms with Crippen LogP contribution in [0.1, 0.15) is 42.0 Å². The summed E-state index contributed by atoms with van der Waals surface area (Å²) in [6.45, 7) is 6.89. The molecule has 0 aliphatic rings. The smallest absolute Gasteiger partial charge is 0.0896 e. The molecule has 2 aromatic rings. The van der Waals surface area contributed by atoms with Crippen LogP contribution >= 0.6 is 0 Å². The Hall–Kier alpha value is -1.79. The lowest BCUT2D eigenvalue weighted by Gasteiger charge is -2.18. The maximum absolute atomic E-state index is 5.72. The van der Waals surface area contributed by atoms with Crippen molar-refractivity contribution in [1.29, 1.82) is 0 Å². The number of nitrogens with zero attached hydrogens (tertiary/aromatic N) is 4. The highest BCUT2D eigenvalue weighted by atomic mass is 15.4. The van der Waals surface area contributed by atoms with Crippen LogP contribution in [-0.4, -0.2) is 20.0 Å². The maximum atomic E-state index is 5.72. The van der Waals surface area contributed by atoms with Crippen molar-refractivity contribution in [2.24, 2.45) is 5.84 Å². The topological polar surface area (TPSA) is 81.7 Å². The fourth-order valence-corrected chi connectivity index (χ4v) is 2.26. The Morgan fingerprint density at radius 2 is 2.00 bits per heavy atom. The number of pyridine rings is 1. The number of rotatable bonds is 5. The lowest BCUT2D eigenvalue weighted by atomic mass is 10.0. The van der Waals surface area contributed by atoms with E-state index in [-0.39, 0.29) is 6.04 Å². The summed E-state index contributed by atoms with van der Waals surface area (Å²) in [6.07, 6.45) is 2.76. The molecule has 0 amide bonds. The summed E-state index contributed by atoms with van der Waals surface area (Å²) in [7, 11) is 0. The van der Waals surface area contributed by atoms with Gasteiger partial charge in [0.25, 0.3) is 0 Å². The number of hydrogen-bond donors (Lipinski definition) is 2. The van der Waals surface area contributed by atoms with E-state index in [4.69, 9.17) is 5.84 Å². The number of hydrazine groups is 1. The SMILES string of the molecule is CCCn1nncc1C(NN)c1cc(C)nc(C)c1. The van der Waals surface area contributed by atoms with E-state index in [1.807, 2.05) is 30.7 Å². The van der Waals surface area contributed by atoms with Crippen LogP contribution in [0.25, 0.3) is 0 Å². The minimum absolute atomic E-state index is 0.123. The predicted octanol–water partition coefficient (Wildman–Crippen LogP) is 1.25. The maximum Gasteiger partial charge on any atom is 0.0896 e. The van der Waals surface area contributed by atoms with Crippen molar-refractivity contribution >= 4 is 0 Å². The van der Waals surface area contributed by atoms with Gasteiger partial charge >= 0.3 is 0 Å². The zero-order valence-corrected chi connectivity index (χ0v) is 11.6. The fraction of sp³-hybridized carbons (Fsp3) is 0.462. The molecule has 1 atom stereocenters. The summed E-state index contributed by atoms with van der Waals surface area (Å²) < 4.78 is 1.88. The third kappa shape index (κ3) is 2.97. The molecule has 6 heteroatoms. The normalized spacial score (nSPS) is 12.6. The summed E-state index contributed by atoms with van der Waals surface area (Å²) >= 11 is 0. The minimum atomic E-state index is -0.123. The van der Waals surface area contributed by atoms with Crippen molar-refractivity contribution < 1.29 is 0 Å². The van der Waals surface area contributed by atoms with E-state index in [9.17, 15) is 0 Å². The molecule has 0 aliphatic carbocycles. The van der Waals surface area contributed by atoms with Gasteiger partial charge in [-0.1, -0.05) is 12.1 Å². The largest absolute Gasteiger partial charge is 0.271 e. The van der Waals surface area contributed by atoms with E-state index in [1.165, 1.54) is 0 Å². The molecule has 1 unspecified atom stereocenters. The predicted molar refractivity (Wildman–Crippen MR) is 73.2 cm³/mol. The zero-order valence-electron chi connectivity index (χ0n) is 11.6. The Kier molecular flexibility index (Phi) is 4.24. The Labute approximate surface area is 113 Å². The number of aromatic nitrogens is 4.